The third-order valence-corrected chi connectivity index (χ3v) is 4.47. The maximum absolute atomic E-state index is 12.7. The van der Waals surface area contributed by atoms with E-state index in [2.05, 4.69) is 20.6 Å². The first-order valence-corrected chi connectivity index (χ1v) is 9.11. The number of amides is 2. The van der Waals surface area contributed by atoms with Crippen LogP contribution < -0.4 is 16.3 Å². The molecule has 0 saturated carbocycles. The Morgan fingerprint density at radius 3 is 2.63 bits per heavy atom. The summed E-state index contributed by atoms with van der Waals surface area (Å²) in [4.78, 5) is 33.6. The number of hydrogen-bond acceptors (Lipinski definition) is 5. The first-order valence-electron chi connectivity index (χ1n) is 9.11. The Morgan fingerprint density at radius 1 is 1.03 bits per heavy atom. The van der Waals surface area contributed by atoms with E-state index in [4.69, 9.17) is 0 Å². The van der Waals surface area contributed by atoms with E-state index in [0.29, 0.717) is 28.0 Å². The van der Waals surface area contributed by atoms with Crippen molar-refractivity contribution in [2.75, 3.05) is 10.6 Å². The number of carbonyl (C=O) groups excluding carboxylic acids is 1. The summed E-state index contributed by atoms with van der Waals surface area (Å²) in [5, 5.41) is 15.3. The molecule has 8 heteroatoms. The van der Waals surface area contributed by atoms with Crippen LogP contribution in [-0.2, 0) is 6.54 Å². The third kappa shape index (κ3) is 3.86. The predicted octanol–water partition coefficient (Wildman–Crippen LogP) is 3.36. The normalized spacial score (nSPS) is 10.4. The van der Waals surface area contributed by atoms with Gasteiger partial charge >= 0.3 is 11.7 Å². The minimum absolute atomic E-state index is 0.189. The Kier molecular flexibility index (Phi) is 5.17. The van der Waals surface area contributed by atoms with E-state index in [1.54, 1.807) is 67.0 Å². The molecule has 4 aromatic rings. The van der Waals surface area contributed by atoms with E-state index in [0.717, 1.165) is 5.56 Å². The number of para-hydroxylation sites is 2. The molecular weight excluding hydrogens is 380 g/mol. The Labute approximate surface area is 171 Å². The van der Waals surface area contributed by atoms with Gasteiger partial charge in [0.15, 0.2) is 0 Å². The monoisotopic (exact) mass is 396 g/mol. The fourth-order valence-electron chi connectivity index (χ4n) is 3.08. The number of rotatable bonds is 4. The van der Waals surface area contributed by atoms with Crippen molar-refractivity contribution in [1.29, 1.82) is 5.26 Å². The minimum Gasteiger partial charge on any atom is -0.306 e. The Bertz CT molecular complexity index is 1330. The molecule has 0 aliphatic rings. The van der Waals surface area contributed by atoms with Crippen LogP contribution in [0.15, 0.2) is 77.9 Å². The van der Waals surface area contributed by atoms with Crippen LogP contribution in [0.3, 0.4) is 0 Å². The molecule has 8 nitrogen and oxygen atoms in total. The highest BCUT2D eigenvalue weighted by Gasteiger charge is 2.15. The van der Waals surface area contributed by atoms with Crippen molar-refractivity contribution in [3.8, 4) is 6.07 Å². The number of benzene rings is 2. The molecule has 2 aromatic heterocycles. The van der Waals surface area contributed by atoms with Crippen LogP contribution in [0, 0.1) is 11.3 Å². The first kappa shape index (κ1) is 18.8. The Balaban J connectivity index is 1.74. The second kappa shape index (κ2) is 8.24. The Hall–Kier alpha value is -4.51. The highest BCUT2D eigenvalue weighted by atomic mass is 16.2. The van der Waals surface area contributed by atoms with E-state index in [1.807, 2.05) is 12.1 Å². The number of hydrogen-bond donors (Lipinski definition) is 2. The fourth-order valence-corrected chi connectivity index (χ4v) is 3.08. The van der Waals surface area contributed by atoms with Crippen LogP contribution in [0.2, 0.25) is 0 Å². The molecule has 2 heterocycles. The van der Waals surface area contributed by atoms with Crippen molar-refractivity contribution in [3.63, 3.8) is 0 Å². The second-order valence-electron chi connectivity index (χ2n) is 6.44. The first-order chi connectivity index (χ1) is 14.7. The van der Waals surface area contributed by atoms with Crippen LogP contribution in [0.4, 0.5) is 16.3 Å². The van der Waals surface area contributed by atoms with Gasteiger partial charge in [-0.3, -0.25) is 14.9 Å². The van der Waals surface area contributed by atoms with Crippen LogP contribution in [0.5, 0.6) is 0 Å². The number of fused-ring (bicyclic) bond motifs is 1. The summed E-state index contributed by atoms with van der Waals surface area (Å²) in [5.74, 6) is 0.307. The van der Waals surface area contributed by atoms with E-state index >= 15 is 0 Å². The maximum atomic E-state index is 12.7. The van der Waals surface area contributed by atoms with E-state index in [-0.39, 0.29) is 6.54 Å². The van der Waals surface area contributed by atoms with Crippen molar-refractivity contribution < 1.29 is 4.79 Å². The molecule has 0 aliphatic heterocycles. The zero-order valence-corrected chi connectivity index (χ0v) is 15.7. The molecule has 0 aliphatic carbocycles. The van der Waals surface area contributed by atoms with Crippen LogP contribution >= 0.6 is 0 Å². The quantitative estimate of drug-likeness (QED) is 0.549. The van der Waals surface area contributed by atoms with E-state index in [1.165, 1.54) is 4.57 Å². The number of nitrogens with zero attached hydrogens (tertiary/aromatic N) is 4. The number of aromatic nitrogens is 3. The van der Waals surface area contributed by atoms with Gasteiger partial charge in [0.1, 0.15) is 11.9 Å². The van der Waals surface area contributed by atoms with Gasteiger partial charge in [-0.2, -0.15) is 10.2 Å². The topological polar surface area (TPSA) is 113 Å². The average Bonchev–Trinajstić information content (AvgIpc) is 2.77. The summed E-state index contributed by atoms with van der Waals surface area (Å²) in [6.45, 7) is 0.189. The lowest BCUT2D eigenvalue weighted by Gasteiger charge is -2.16. The smallest absolute Gasteiger partial charge is 0.306 e. The zero-order chi connectivity index (χ0) is 20.9. The molecule has 2 aromatic carbocycles. The van der Waals surface area contributed by atoms with Crippen molar-refractivity contribution in [3.05, 3.63) is 94.7 Å². The van der Waals surface area contributed by atoms with Crippen molar-refractivity contribution >= 4 is 28.4 Å². The van der Waals surface area contributed by atoms with Gasteiger partial charge in [0.05, 0.1) is 23.3 Å². The third-order valence-electron chi connectivity index (χ3n) is 4.47. The molecular formula is C22H16N6O2. The summed E-state index contributed by atoms with van der Waals surface area (Å²) >= 11 is 0. The number of carbonyl (C=O) groups is 1. The van der Waals surface area contributed by atoms with Gasteiger partial charge < -0.3 is 5.32 Å². The van der Waals surface area contributed by atoms with E-state index in [9.17, 15) is 14.9 Å². The highest BCUT2D eigenvalue weighted by Crippen LogP contribution is 2.22. The molecule has 0 atom stereocenters. The largest absolute Gasteiger partial charge is 0.350 e. The SMILES string of the molecule is N#Cc1ccccc1NC(=O)Nc1c2ccccc2nc(=O)n1Cc1cccnc1. The van der Waals surface area contributed by atoms with Crippen molar-refractivity contribution in [1.82, 2.24) is 14.5 Å². The zero-order valence-electron chi connectivity index (χ0n) is 15.7. The lowest BCUT2D eigenvalue weighted by Crippen LogP contribution is -2.30. The summed E-state index contributed by atoms with van der Waals surface area (Å²) in [5.41, 5.74) is 1.47. The highest BCUT2D eigenvalue weighted by molar-refractivity contribution is 6.04. The number of anilines is 2. The summed E-state index contributed by atoms with van der Waals surface area (Å²) < 4.78 is 1.38. The molecule has 4 rings (SSSR count). The average molecular weight is 396 g/mol. The molecule has 0 saturated heterocycles. The molecule has 0 bridgehead atoms. The summed E-state index contributed by atoms with van der Waals surface area (Å²) in [7, 11) is 0. The molecule has 146 valence electrons. The number of pyridine rings is 1. The van der Waals surface area contributed by atoms with Gasteiger partial charge in [0.25, 0.3) is 0 Å². The number of nitrogens with one attached hydrogen (secondary N) is 2. The van der Waals surface area contributed by atoms with Crippen LogP contribution in [0.1, 0.15) is 11.1 Å². The van der Waals surface area contributed by atoms with Gasteiger partial charge in [-0.05, 0) is 35.9 Å². The lowest BCUT2D eigenvalue weighted by atomic mass is 10.2. The maximum Gasteiger partial charge on any atom is 0.350 e. The van der Waals surface area contributed by atoms with Crippen LogP contribution in [0.25, 0.3) is 10.9 Å². The molecule has 0 radical (unpaired) electrons. The van der Waals surface area contributed by atoms with Crippen molar-refractivity contribution in [2.24, 2.45) is 0 Å². The van der Waals surface area contributed by atoms with E-state index < -0.39 is 11.7 Å². The van der Waals surface area contributed by atoms with Gasteiger partial charge in [-0.1, -0.05) is 30.3 Å². The minimum atomic E-state index is -0.576. The predicted molar refractivity (Wildman–Crippen MR) is 113 cm³/mol. The molecule has 30 heavy (non-hydrogen) atoms. The Morgan fingerprint density at radius 2 is 1.83 bits per heavy atom. The standard InChI is InChI=1S/C22H16N6O2/c23-12-16-7-1-3-9-18(16)25-21(29)27-20-17-8-2-4-10-19(17)26-22(30)28(20)14-15-6-5-11-24-13-15/h1-11,13H,14H2,(H2,25,27,29). The molecule has 2 amide bonds. The molecule has 0 unspecified atom stereocenters. The van der Waals surface area contributed by atoms with Gasteiger partial charge in [-0.15, -0.1) is 0 Å². The number of urea groups is 1. The molecule has 2 N–H and O–H groups in total. The van der Waals surface area contributed by atoms with Gasteiger partial charge in [0.2, 0.25) is 0 Å². The number of nitriles is 1. The molecule has 0 spiro atoms. The molecule has 0 fully saturated rings. The van der Waals surface area contributed by atoms with Gasteiger partial charge in [-0.25, -0.2) is 9.59 Å². The summed E-state index contributed by atoms with van der Waals surface area (Å²) in [6, 6.07) is 18.8. The summed E-state index contributed by atoms with van der Waals surface area (Å²) in [6.07, 6.45) is 3.29. The second-order valence-corrected chi connectivity index (χ2v) is 6.44. The van der Waals surface area contributed by atoms with Crippen LogP contribution in [-0.4, -0.2) is 20.6 Å². The van der Waals surface area contributed by atoms with Gasteiger partial charge in [0, 0.05) is 17.8 Å². The van der Waals surface area contributed by atoms with Crippen molar-refractivity contribution in [2.45, 2.75) is 6.54 Å². The lowest BCUT2D eigenvalue weighted by molar-refractivity contribution is 0.262. The fraction of sp³-hybridized carbons (Fsp3) is 0.0455.